The smallest absolute Gasteiger partial charge is 0.344 e. The zero-order valence-electron chi connectivity index (χ0n) is 11.3. The van der Waals surface area contributed by atoms with E-state index in [9.17, 15) is 19.1 Å². The molecule has 0 aliphatic rings. The molecule has 0 spiro atoms. The summed E-state index contributed by atoms with van der Waals surface area (Å²) < 4.78 is 21.2. The van der Waals surface area contributed by atoms with Crippen molar-refractivity contribution in [1.29, 1.82) is 0 Å². The minimum Gasteiger partial charge on any atom is -0.475 e. The molecule has 0 aliphatic heterocycles. The Morgan fingerprint density at radius 2 is 2.10 bits per heavy atom. The van der Waals surface area contributed by atoms with Crippen LogP contribution < -0.4 is 4.74 Å². The van der Waals surface area contributed by atoms with E-state index in [1.165, 1.54) is 24.5 Å². The van der Waals surface area contributed by atoms with E-state index in [-0.39, 0.29) is 17.5 Å². The Morgan fingerprint density at radius 3 is 2.60 bits per heavy atom. The molecule has 0 heterocycles. The van der Waals surface area contributed by atoms with Crippen LogP contribution in [0.3, 0.4) is 0 Å². The van der Waals surface area contributed by atoms with Gasteiger partial charge in [0.2, 0.25) is 0 Å². The summed E-state index contributed by atoms with van der Waals surface area (Å²) >= 11 is 0. The van der Waals surface area contributed by atoms with Gasteiger partial charge in [0.05, 0.1) is 21.8 Å². The molecule has 0 bridgehead atoms. The van der Waals surface area contributed by atoms with Crippen molar-refractivity contribution in [1.82, 2.24) is 0 Å². The topological polar surface area (TPSA) is 95.7 Å². The predicted molar refractivity (Wildman–Crippen MR) is 72.2 cm³/mol. The highest BCUT2D eigenvalue weighted by molar-refractivity contribution is 7.84. The van der Waals surface area contributed by atoms with Crippen LogP contribution >= 0.6 is 0 Å². The fourth-order valence-electron chi connectivity index (χ4n) is 1.37. The lowest BCUT2D eigenvalue weighted by molar-refractivity contribution is -0.386. The Labute approximate surface area is 118 Å². The highest BCUT2D eigenvalue weighted by Gasteiger charge is 2.18. The molecule has 0 fully saturated rings. The number of hydrogen-bond acceptors (Lipinski definition) is 6. The van der Waals surface area contributed by atoms with Crippen LogP contribution in [0, 0.1) is 10.1 Å². The molecule has 0 amide bonds. The molecule has 0 saturated carbocycles. The molecule has 0 saturated heterocycles. The Bertz CT molecular complexity index is 543. The third-order valence-corrected chi connectivity index (χ3v) is 3.09. The summed E-state index contributed by atoms with van der Waals surface area (Å²) in [5.41, 5.74) is -0.338. The van der Waals surface area contributed by atoms with Gasteiger partial charge in [0.1, 0.15) is 0 Å². The number of benzene rings is 1. The summed E-state index contributed by atoms with van der Waals surface area (Å²) in [5, 5.41) is 10.9. The minimum atomic E-state index is -1.34. The first-order valence-electron chi connectivity index (χ1n) is 5.75. The standard InChI is InChI=1S/C12H15NO6S/c1-8(2)19-12(14)7-18-11-5-4-9(20(3)17)6-10(11)13(15)16/h4-6,8H,7H2,1-3H3. The number of hydrogen-bond donors (Lipinski definition) is 0. The molecule has 1 unspecified atom stereocenters. The number of carbonyl (C=O) groups excluding carboxylic acids is 1. The van der Waals surface area contributed by atoms with Gasteiger partial charge in [0, 0.05) is 17.2 Å². The van der Waals surface area contributed by atoms with E-state index in [1.807, 2.05) is 0 Å². The van der Waals surface area contributed by atoms with Crippen LogP contribution in [0.25, 0.3) is 0 Å². The van der Waals surface area contributed by atoms with Crippen LogP contribution in [0.4, 0.5) is 5.69 Å². The highest BCUT2D eigenvalue weighted by atomic mass is 32.2. The Morgan fingerprint density at radius 1 is 1.45 bits per heavy atom. The second-order valence-corrected chi connectivity index (χ2v) is 5.55. The van der Waals surface area contributed by atoms with Crippen molar-refractivity contribution in [3.05, 3.63) is 28.3 Å². The van der Waals surface area contributed by atoms with Gasteiger partial charge in [-0.25, -0.2) is 4.79 Å². The molecule has 1 rings (SSSR count). The lowest BCUT2D eigenvalue weighted by Crippen LogP contribution is -2.19. The summed E-state index contributed by atoms with van der Waals surface area (Å²) in [6, 6.07) is 3.93. The van der Waals surface area contributed by atoms with E-state index < -0.39 is 28.3 Å². The van der Waals surface area contributed by atoms with Crippen molar-refractivity contribution >= 4 is 22.5 Å². The van der Waals surface area contributed by atoms with Gasteiger partial charge in [-0.15, -0.1) is 0 Å². The van der Waals surface area contributed by atoms with Crippen molar-refractivity contribution in [3.63, 3.8) is 0 Å². The SMILES string of the molecule is CC(C)OC(=O)COc1ccc(S(C)=O)cc1[N+](=O)[O-]. The number of rotatable bonds is 6. The molecule has 0 N–H and O–H groups in total. The van der Waals surface area contributed by atoms with Crippen LogP contribution in [-0.4, -0.2) is 34.1 Å². The predicted octanol–water partition coefficient (Wildman–Crippen LogP) is 1.66. The van der Waals surface area contributed by atoms with E-state index in [0.29, 0.717) is 4.90 Å². The maximum absolute atomic E-state index is 11.3. The van der Waals surface area contributed by atoms with Gasteiger partial charge in [-0.2, -0.15) is 0 Å². The van der Waals surface area contributed by atoms with Crippen molar-refractivity contribution in [2.45, 2.75) is 24.8 Å². The second-order valence-electron chi connectivity index (χ2n) is 4.17. The Kier molecular flexibility index (Phi) is 5.63. The van der Waals surface area contributed by atoms with Gasteiger partial charge in [0.15, 0.2) is 12.4 Å². The number of esters is 1. The van der Waals surface area contributed by atoms with Crippen molar-refractivity contribution in [3.8, 4) is 5.75 Å². The summed E-state index contributed by atoms with van der Waals surface area (Å²) in [7, 11) is -1.34. The van der Waals surface area contributed by atoms with Gasteiger partial charge < -0.3 is 9.47 Å². The lowest BCUT2D eigenvalue weighted by Gasteiger charge is -2.09. The monoisotopic (exact) mass is 301 g/mol. The van der Waals surface area contributed by atoms with Crippen LogP contribution in [0.1, 0.15) is 13.8 Å². The van der Waals surface area contributed by atoms with Gasteiger partial charge in [-0.05, 0) is 26.0 Å². The molecule has 1 atom stereocenters. The van der Waals surface area contributed by atoms with Crippen LogP contribution in [0.5, 0.6) is 5.75 Å². The molecule has 0 aromatic heterocycles. The lowest BCUT2D eigenvalue weighted by atomic mass is 10.3. The van der Waals surface area contributed by atoms with Crippen molar-refractivity contribution < 1.29 is 23.4 Å². The molecule has 0 aliphatic carbocycles. The third kappa shape index (κ3) is 4.61. The average molecular weight is 301 g/mol. The maximum atomic E-state index is 11.3. The molecule has 1 aromatic rings. The number of nitrogens with zero attached hydrogens (tertiary/aromatic N) is 1. The molecule has 8 heteroatoms. The minimum absolute atomic E-state index is 0.0649. The summed E-state index contributed by atoms with van der Waals surface area (Å²) in [6.07, 6.45) is 1.13. The van der Waals surface area contributed by atoms with E-state index in [2.05, 4.69) is 0 Å². The number of nitro groups is 1. The summed E-state index contributed by atoms with van der Waals surface area (Å²) in [5.74, 6) is -0.678. The van der Waals surface area contributed by atoms with E-state index >= 15 is 0 Å². The van der Waals surface area contributed by atoms with E-state index in [4.69, 9.17) is 9.47 Å². The van der Waals surface area contributed by atoms with Crippen LogP contribution in [-0.2, 0) is 20.3 Å². The normalized spacial score (nSPS) is 12.0. The third-order valence-electron chi connectivity index (χ3n) is 2.17. The zero-order chi connectivity index (χ0) is 15.3. The first-order chi connectivity index (χ1) is 9.31. The van der Waals surface area contributed by atoms with Gasteiger partial charge >= 0.3 is 11.7 Å². The van der Waals surface area contributed by atoms with Gasteiger partial charge in [-0.3, -0.25) is 14.3 Å². The second kappa shape index (κ2) is 6.99. The molecule has 110 valence electrons. The molecular weight excluding hydrogens is 286 g/mol. The molecule has 20 heavy (non-hydrogen) atoms. The molecule has 1 aromatic carbocycles. The largest absolute Gasteiger partial charge is 0.475 e. The fraction of sp³-hybridized carbons (Fsp3) is 0.417. The molecular formula is C12H15NO6S. The van der Waals surface area contributed by atoms with Gasteiger partial charge in [0.25, 0.3) is 0 Å². The van der Waals surface area contributed by atoms with E-state index in [0.717, 1.165) is 0 Å². The average Bonchev–Trinajstić information content (AvgIpc) is 2.35. The van der Waals surface area contributed by atoms with E-state index in [1.54, 1.807) is 13.8 Å². The van der Waals surface area contributed by atoms with Crippen LogP contribution in [0.2, 0.25) is 0 Å². The first-order valence-corrected chi connectivity index (χ1v) is 7.31. The van der Waals surface area contributed by atoms with Gasteiger partial charge in [-0.1, -0.05) is 0 Å². The Balaban J connectivity index is 2.87. The maximum Gasteiger partial charge on any atom is 0.344 e. The van der Waals surface area contributed by atoms with Crippen molar-refractivity contribution in [2.75, 3.05) is 12.9 Å². The molecule has 0 radical (unpaired) electrons. The highest BCUT2D eigenvalue weighted by Crippen LogP contribution is 2.29. The Hall–Kier alpha value is -1.96. The summed E-state index contributed by atoms with van der Waals surface area (Å²) in [6.45, 7) is 2.95. The van der Waals surface area contributed by atoms with Crippen LogP contribution in [0.15, 0.2) is 23.1 Å². The quantitative estimate of drug-likeness (QED) is 0.450. The zero-order valence-corrected chi connectivity index (χ0v) is 12.1. The number of carbonyl (C=O) groups is 1. The van der Waals surface area contributed by atoms with Crippen molar-refractivity contribution in [2.24, 2.45) is 0 Å². The fourth-order valence-corrected chi connectivity index (χ4v) is 1.91. The first kappa shape index (κ1) is 16.1. The number of ether oxygens (including phenoxy) is 2. The molecule has 7 nitrogen and oxygen atoms in total. The summed E-state index contributed by atoms with van der Waals surface area (Å²) in [4.78, 5) is 21.9. The number of nitro benzene ring substituents is 1.